The summed E-state index contributed by atoms with van der Waals surface area (Å²) in [6.45, 7) is 5.20. The number of hydrogen-bond acceptors (Lipinski definition) is 5. The van der Waals surface area contributed by atoms with Crippen LogP contribution in [-0.4, -0.2) is 50.7 Å². The zero-order chi connectivity index (χ0) is 32.3. The second-order valence-corrected chi connectivity index (χ2v) is 12.9. The van der Waals surface area contributed by atoms with E-state index in [9.17, 15) is 18.0 Å². The van der Waals surface area contributed by atoms with Crippen LogP contribution in [0.2, 0.25) is 0 Å². The number of benzene rings is 3. The van der Waals surface area contributed by atoms with Crippen molar-refractivity contribution in [2.24, 2.45) is 4.99 Å². The number of carbonyl (C=O) groups is 1. The van der Waals surface area contributed by atoms with Crippen molar-refractivity contribution < 1.29 is 22.7 Å². The summed E-state index contributed by atoms with van der Waals surface area (Å²) in [4.78, 5) is 24.2. The molecular formula is C34H35F3N6O2S. The molecule has 1 saturated heterocycles. The Bertz CT molecular complexity index is 1690. The van der Waals surface area contributed by atoms with Crippen molar-refractivity contribution in [2.45, 2.75) is 63.8 Å². The zero-order valence-corrected chi connectivity index (χ0v) is 26.4. The Labute approximate surface area is 270 Å². The van der Waals surface area contributed by atoms with Gasteiger partial charge in [-0.05, 0) is 79.0 Å². The number of alkyl halides is 3. The Morgan fingerprint density at radius 2 is 1.80 bits per heavy atom. The van der Waals surface area contributed by atoms with E-state index >= 15 is 0 Å². The number of nitrogens with zero attached hydrogens (tertiary/aromatic N) is 5. The van der Waals surface area contributed by atoms with E-state index in [1.165, 1.54) is 46.4 Å². The molecule has 6 rings (SSSR count). The number of urea groups is 1. The monoisotopic (exact) mass is 648 g/mol. The molecule has 12 heteroatoms. The van der Waals surface area contributed by atoms with Gasteiger partial charge >= 0.3 is 12.4 Å². The summed E-state index contributed by atoms with van der Waals surface area (Å²) in [6.07, 6.45) is 0.498. The Morgan fingerprint density at radius 1 is 1.04 bits per heavy atom. The number of thioether (sulfide) groups is 1. The molecular weight excluding hydrogens is 613 g/mol. The second-order valence-electron chi connectivity index (χ2n) is 11.8. The molecule has 1 aliphatic carbocycles. The molecule has 2 aliphatic rings. The van der Waals surface area contributed by atoms with Gasteiger partial charge in [0.25, 0.3) is 0 Å². The third-order valence-corrected chi connectivity index (χ3v) is 9.32. The molecule has 2 atom stereocenters. The fraction of sp³-hybridized carbons (Fsp3) is 0.353. The summed E-state index contributed by atoms with van der Waals surface area (Å²) < 4.78 is 42.8. The van der Waals surface area contributed by atoms with Crippen LogP contribution in [0.4, 0.5) is 23.7 Å². The van der Waals surface area contributed by atoms with Crippen LogP contribution in [0.15, 0.2) is 84.1 Å². The number of aromatic nitrogens is 3. The van der Waals surface area contributed by atoms with Crippen LogP contribution >= 0.6 is 11.8 Å². The first-order valence-electron chi connectivity index (χ1n) is 15.4. The molecule has 2 unspecified atom stereocenters. The van der Waals surface area contributed by atoms with Gasteiger partial charge in [0.2, 0.25) is 0 Å². The molecule has 1 N–H and O–H groups in total. The molecule has 240 valence electrons. The second kappa shape index (κ2) is 13.6. The lowest BCUT2D eigenvalue weighted by molar-refractivity contribution is -0.274. The molecule has 2 heterocycles. The summed E-state index contributed by atoms with van der Waals surface area (Å²) in [5.41, 5.74) is 4.94. The van der Waals surface area contributed by atoms with Gasteiger partial charge < -0.3 is 15.0 Å². The molecule has 46 heavy (non-hydrogen) atoms. The summed E-state index contributed by atoms with van der Waals surface area (Å²) in [6, 6.07) is 21.6. The van der Waals surface area contributed by atoms with Crippen LogP contribution in [0.5, 0.6) is 5.75 Å². The molecule has 4 aromatic rings. The van der Waals surface area contributed by atoms with Crippen LogP contribution in [0.3, 0.4) is 0 Å². The molecule has 0 radical (unpaired) electrons. The first-order valence-corrected chi connectivity index (χ1v) is 16.4. The zero-order valence-electron chi connectivity index (χ0n) is 25.6. The van der Waals surface area contributed by atoms with Gasteiger partial charge in [-0.2, -0.15) is 4.99 Å². The Hall–Kier alpha value is -4.32. The topological polar surface area (TPSA) is 84.6 Å². The minimum Gasteiger partial charge on any atom is -0.406 e. The highest BCUT2D eigenvalue weighted by molar-refractivity contribution is 8.14. The predicted molar refractivity (Wildman–Crippen MR) is 175 cm³/mol. The van der Waals surface area contributed by atoms with Gasteiger partial charge in [-0.25, -0.2) is 14.5 Å². The minimum atomic E-state index is -4.74. The maximum atomic E-state index is 13.1. The molecule has 8 nitrogen and oxygen atoms in total. The minimum absolute atomic E-state index is 0.0526. The van der Waals surface area contributed by atoms with E-state index in [-0.39, 0.29) is 17.8 Å². The predicted octanol–water partition coefficient (Wildman–Crippen LogP) is 8.30. The fourth-order valence-corrected chi connectivity index (χ4v) is 6.98. The number of para-hydroxylation sites is 1. The van der Waals surface area contributed by atoms with Crippen LogP contribution < -0.4 is 15.0 Å². The Balaban J connectivity index is 1.06. The third kappa shape index (κ3) is 7.55. The first-order chi connectivity index (χ1) is 22.1. The smallest absolute Gasteiger partial charge is 0.406 e. The number of ether oxygens (including phenoxy) is 1. The lowest BCUT2D eigenvalue weighted by atomic mass is 9.96. The van der Waals surface area contributed by atoms with Gasteiger partial charge in [-0.1, -0.05) is 68.1 Å². The van der Waals surface area contributed by atoms with Crippen molar-refractivity contribution in [1.82, 2.24) is 20.1 Å². The highest BCUT2D eigenvalue weighted by Gasteiger charge is 2.31. The average molecular weight is 649 g/mol. The highest BCUT2D eigenvalue weighted by atomic mass is 32.2. The van der Waals surface area contributed by atoms with Gasteiger partial charge in [-0.15, -0.1) is 18.3 Å². The molecule has 0 bridgehead atoms. The van der Waals surface area contributed by atoms with Gasteiger partial charge in [0.15, 0.2) is 11.0 Å². The van der Waals surface area contributed by atoms with Gasteiger partial charge in [0.05, 0.1) is 5.69 Å². The van der Waals surface area contributed by atoms with Crippen molar-refractivity contribution in [2.75, 3.05) is 17.2 Å². The molecule has 0 spiro atoms. The third-order valence-electron chi connectivity index (χ3n) is 8.26. The van der Waals surface area contributed by atoms with Crippen LogP contribution in [0.1, 0.15) is 62.5 Å². The quantitative estimate of drug-likeness (QED) is 0.217. The van der Waals surface area contributed by atoms with Crippen molar-refractivity contribution >= 4 is 28.6 Å². The van der Waals surface area contributed by atoms with E-state index in [0.717, 1.165) is 54.4 Å². The standard InChI is InChI=1S/C34H35F3N6O2S/c1-22(2)29-6-3-4-7-30(29)42-18-5-19-46-33(42)40-32(44)39-26-13-12-25(20-26)23-8-10-24(11-9-23)31-38-21-43(41-31)27-14-16-28(17-15-27)45-34(35,36)37/h3-4,6-11,14-17,21-22,25-26H,5,12-13,18-20H2,1-2H3,(H,39,44). The van der Waals surface area contributed by atoms with Gasteiger partial charge in [0.1, 0.15) is 12.1 Å². The summed E-state index contributed by atoms with van der Waals surface area (Å²) in [5.74, 6) is 1.83. The Kier molecular flexibility index (Phi) is 9.34. The molecule has 2 amide bonds. The molecule has 2 fully saturated rings. The first kappa shape index (κ1) is 31.7. The number of hydrogen-bond donors (Lipinski definition) is 1. The lowest BCUT2D eigenvalue weighted by Crippen LogP contribution is -2.37. The average Bonchev–Trinajstić information content (AvgIpc) is 3.72. The van der Waals surface area contributed by atoms with Crippen molar-refractivity contribution in [3.8, 4) is 22.8 Å². The number of amides is 2. The van der Waals surface area contributed by atoms with E-state index < -0.39 is 6.36 Å². The van der Waals surface area contributed by atoms with E-state index in [1.54, 1.807) is 11.8 Å². The normalized spacial score (nSPS) is 19.5. The molecule has 1 aromatic heterocycles. The number of amidine groups is 1. The largest absolute Gasteiger partial charge is 0.573 e. The number of nitrogens with one attached hydrogen (secondary N) is 1. The van der Waals surface area contributed by atoms with E-state index in [1.807, 2.05) is 18.2 Å². The maximum Gasteiger partial charge on any atom is 0.573 e. The number of halogens is 3. The van der Waals surface area contributed by atoms with Crippen molar-refractivity contribution in [1.29, 1.82) is 0 Å². The number of rotatable bonds is 7. The number of aliphatic imine (C=N–C) groups is 1. The number of carbonyl (C=O) groups excluding carboxylic acids is 1. The lowest BCUT2D eigenvalue weighted by Gasteiger charge is -2.32. The van der Waals surface area contributed by atoms with Crippen LogP contribution in [0.25, 0.3) is 17.1 Å². The highest BCUT2D eigenvalue weighted by Crippen LogP contribution is 2.36. The fourth-order valence-electron chi connectivity index (χ4n) is 6.03. The SMILES string of the molecule is CC(C)c1ccccc1N1CCCSC1=NC(=O)NC1CCC(c2ccc(-c3ncn(-c4ccc(OC(F)(F)F)cc4)n3)cc2)C1. The summed E-state index contributed by atoms with van der Waals surface area (Å²) >= 11 is 1.63. The molecule has 3 aromatic carbocycles. The van der Waals surface area contributed by atoms with Crippen molar-refractivity contribution in [3.05, 3.63) is 90.3 Å². The summed E-state index contributed by atoms with van der Waals surface area (Å²) in [7, 11) is 0. The van der Waals surface area contributed by atoms with E-state index in [0.29, 0.717) is 23.3 Å². The Morgan fingerprint density at radius 3 is 2.54 bits per heavy atom. The van der Waals surface area contributed by atoms with Gasteiger partial charge in [0, 0.05) is 29.6 Å². The van der Waals surface area contributed by atoms with Gasteiger partial charge in [-0.3, -0.25) is 0 Å². The van der Waals surface area contributed by atoms with E-state index in [2.05, 4.69) is 74.2 Å². The number of anilines is 1. The summed E-state index contributed by atoms with van der Waals surface area (Å²) in [5, 5.41) is 8.40. The van der Waals surface area contributed by atoms with E-state index in [4.69, 9.17) is 0 Å². The van der Waals surface area contributed by atoms with Crippen LogP contribution in [0, 0.1) is 0 Å². The maximum absolute atomic E-state index is 13.1. The molecule has 1 aliphatic heterocycles. The van der Waals surface area contributed by atoms with Crippen molar-refractivity contribution in [3.63, 3.8) is 0 Å². The van der Waals surface area contributed by atoms with Crippen LogP contribution in [-0.2, 0) is 0 Å². The molecule has 1 saturated carbocycles.